The lowest BCUT2D eigenvalue weighted by Crippen LogP contribution is -2.28. The van der Waals surface area contributed by atoms with E-state index in [1.54, 1.807) is 0 Å². The van der Waals surface area contributed by atoms with Gasteiger partial charge in [-0.05, 0) is 31.0 Å². The Kier molecular flexibility index (Phi) is 3.29. The Morgan fingerprint density at radius 3 is 2.93 bits per heavy atom. The summed E-state index contributed by atoms with van der Waals surface area (Å²) in [4.78, 5) is 2.41. The lowest BCUT2D eigenvalue weighted by molar-refractivity contribution is 0.260. The Balaban J connectivity index is 2.10. The summed E-state index contributed by atoms with van der Waals surface area (Å²) in [7, 11) is 0. The van der Waals surface area contributed by atoms with Gasteiger partial charge in [-0.15, -0.1) is 0 Å². The Bertz CT molecular complexity index is 340. The van der Waals surface area contributed by atoms with Crippen molar-refractivity contribution in [2.75, 3.05) is 13.1 Å². The van der Waals surface area contributed by atoms with E-state index in [1.165, 1.54) is 5.56 Å². The fourth-order valence-corrected chi connectivity index (χ4v) is 2.34. The van der Waals surface area contributed by atoms with Crippen LogP contribution < -0.4 is 5.73 Å². The molecule has 1 heterocycles. The van der Waals surface area contributed by atoms with E-state index in [4.69, 9.17) is 17.3 Å². The van der Waals surface area contributed by atoms with E-state index in [0.29, 0.717) is 12.1 Å². The van der Waals surface area contributed by atoms with Crippen LogP contribution in [0.2, 0.25) is 5.02 Å². The van der Waals surface area contributed by atoms with Crippen molar-refractivity contribution in [1.82, 2.24) is 4.90 Å². The first-order valence-electron chi connectivity index (χ1n) is 5.42. The van der Waals surface area contributed by atoms with Crippen molar-refractivity contribution in [3.63, 3.8) is 0 Å². The highest BCUT2D eigenvalue weighted by Crippen LogP contribution is 2.25. The second-order valence-electron chi connectivity index (χ2n) is 4.27. The van der Waals surface area contributed by atoms with Crippen LogP contribution >= 0.6 is 11.6 Å². The lowest BCUT2D eigenvalue weighted by Gasteiger charge is -2.24. The van der Waals surface area contributed by atoms with Crippen LogP contribution in [0.1, 0.15) is 24.9 Å². The fraction of sp³-hybridized carbons (Fsp3) is 0.500. The van der Waals surface area contributed by atoms with Crippen molar-refractivity contribution < 1.29 is 0 Å². The Morgan fingerprint density at radius 2 is 2.33 bits per heavy atom. The van der Waals surface area contributed by atoms with Gasteiger partial charge >= 0.3 is 0 Å². The molecule has 0 bridgehead atoms. The maximum absolute atomic E-state index is 5.98. The van der Waals surface area contributed by atoms with Gasteiger partial charge in [-0.3, -0.25) is 4.90 Å². The van der Waals surface area contributed by atoms with Gasteiger partial charge in [-0.25, -0.2) is 0 Å². The minimum Gasteiger partial charge on any atom is -0.326 e. The molecule has 15 heavy (non-hydrogen) atoms. The molecule has 3 heteroatoms. The zero-order valence-corrected chi connectivity index (χ0v) is 9.74. The molecular weight excluding hydrogens is 208 g/mol. The molecule has 2 N–H and O–H groups in total. The van der Waals surface area contributed by atoms with E-state index in [9.17, 15) is 0 Å². The first-order chi connectivity index (χ1) is 7.16. The zero-order chi connectivity index (χ0) is 10.8. The molecule has 1 aromatic rings. The standard InChI is InChI=1S/C12H17ClN2/c1-9(15-6-5-12(14)8-15)10-3-2-4-11(13)7-10/h2-4,7,9,12H,5-6,8,14H2,1H3. The maximum Gasteiger partial charge on any atom is 0.0409 e. The van der Waals surface area contributed by atoms with Crippen molar-refractivity contribution in [3.8, 4) is 0 Å². The topological polar surface area (TPSA) is 29.3 Å². The van der Waals surface area contributed by atoms with Crippen molar-refractivity contribution in [3.05, 3.63) is 34.9 Å². The Hall–Kier alpha value is -0.570. The summed E-state index contributed by atoms with van der Waals surface area (Å²) >= 11 is 5.98. The third-order valence-electron chi connectivity index (χ3n) is 3.13. The summed E-state index contributed by atoms with van der Waals surface area (Å²) in [5.41, 5.74) is 7.18. The van der Waals surface area contributed by atoms with Crippen LogP contribution in [0.15, 0.2) is 24.3 Å². The summed E-state index contributed by atoms with van der Waals surface area (Å²) < 4.78 is 0. The number of hydrogen-bond donors (Lipinski definition) is 1. The summed E-state index contributed by atoms with van der Waals surface area (Å²) in [6, 6.07) is 8.83. The van der Waals surface area contributed by atoms with Gasteiger partial charge in [0.25, 0.3) is 0 Å². The maximum atomic E-state index is 5.98. The molecule has 0 aromatic heterocycles. The van der Waals surface area contributed by atoms with Gasteiger partial charge in [-0.1, -0.05) is 23.7 Å². The number of rotatable bonds is 2. The van der Waals surface area contributed by atoms with E-state index in [-0.39, 0.29) is 0 Å². The summed E-state index contributed by atoms with van der Waals surface area (Å²) in [5.74, 6) is 0. The molecule has 0 spiro atoms. The van der Waals surface area contributed by atoms with E-state index in [1.807, 2.05) is 18.2 Å². The summed E-state index contributed by atoms with van der Waals surface area (Å²) in [6.45, 7) is 4.30. The number of likely N-dealkylation sites (tertiary alicyclic amines) is 1. The highest BCUT2D eigenvalue weighted by Gasteiger charge is 2.24. The Labute approximate surface area is 96.0 Å². The van der Waals surface area contributed by atoms with Gasteiger partial charge in [0.2, 0.25) is 0 Å². The summed E-state index contributed by atoms with van der Waals surface area (Å²) in [5, 5.41) is 0.808. The molecule has 1 aliphatic rings. The SMILES string of the molecule is CC(c1cccc(Cl)c1)N1CCC(N)C1. The van der Waals surface area contributed by atoms with E-state index >= 15 is 0 Å². The Morgan fingerprint density at radius 1 is 1.53 bits per heavy atom. The monoisotopic (exact) mass is 224 g/mol. The van der Waals surface area contributed by atoms with Crippen LogP contribution in [-0.2, 0) is 0 Å². The number of halogens is 1. The highest BCUT2D eigenvalue weighted by atomic mass is 35.5. The number of nitrogens with zero attached hydrogens (tertiary/aromatic N) is 1. The highest BCUT2D eigenvalue weighted by molar-refractivity contribution is 6.30. The number of benzene rings is 1. The van der Waals surface area contributed by atoms with Gasteiger partial charge < -0.3 is 5.73 Å². The molecule has 2 unspecified atom stereocenters. The van der Waals surface area contributed by atoms with Gasteiger partial charge in [0, 0.05) is 30.2 Å². The number of nitrogens with two attached hydrogens (primary N) is 1. The molecule has 82 valence electrons. The van der Waals surface area contributed by atoms with Crippen LogP contribution in [0.3, 0.4) is 0 Å². The first-order valence-corrected chi connectivity index (χ1v) is 5.79. The van der Waals surface area contributed by atoms with Gasteiger partial charge in [0.05, 0.1) is 0 Å². The molecule has 2 nitrogen and oxygen atoms in total. The lowest BCUT2D eigenvalue weighted by atomic mass is 10.1. The fourth-order valence-electron chi connectivity index (χ4n) is 2.14. The molecular formula is C12H17ClN2. The van der Waals surface area contributed by atoms with Crippen molar-refractivity contribution in [1.29, 1.82) is 0 Å². The van der Waals surface area contributed by atoms with Crippen LogP contribution in [0.25, 0.3) is 0 Å². The minimum absolute atomic E-state index is 0.339. The second-order valence-corrected chi connectivity index (χ2v) is 4.71. The van der Waals surface area contributed by atoms with Gasteiger partial charge in [-0.2, -0.15) is 0 Å². The number of hydrogen-bond acceptors (Lipinski definition) is 2. The van der Waals surface area contributed by atoms with E-state index in [0.717, 1.165) is 24.5 Å². The predicted molar refractivity (Wildman–Crippen MR) is 64.0 cm³/mol. The molecule has 1 aliphatic heterocycles. The predicted octanol–water partition coefficient (Wildman–Crippen LogP) is 2.43. The third kappa shape index (κ3) is 2.51. The molecule has 1 aromatic carbocycles. The quantitative estimate of drug-likeness (QED) is 0.836. The van der Waals surface area contributed by atoms with Crippen LogP contribution in [-0.4, -0.2) is 24.0 Å². The normalized spacial score (nSPS) is 24.3. The largest absolute Gasteiger partial charge is 0.326 e. The zero-order valence-electron chi connectivity index (χ0n) is 8.99. The van der Waals surface area contributed by atoms with Crippen molar-refractivity contribution in [2.45, 2.75) is 25.4 Å². The van der Waals surface area contributed by atoms with Crippen molar-refractivity contribution >= 4 is 11.6 Å². The van der Waals surface area contributed by atoms with E-state index < -0.39 is 0 Å². The van der Waals surface area contributed by atoms with Crippen molar-refractivity contribution in [2.24, 2.45) is 5.73 Å². The van der Waals surface area contributed by atoms with Crippen LogP contribution in [0.4, 0.5) is 0 Å². The van der Waals surface area contributed by atoms with Gasteiger partial charge in [0.1, 0.15) is 0 Å². The molecule has 1 saturated heterocycles. The first kappa shape index (κ1) is 10.9. The molecule has 0 radical (unpaired) electrons. The van der Waals surface area contributed by atoms with Crippen LogP contribution in [0.5, 0.6) is 0 Å². The average molecular weight is 225 g/mol. The molecule has 0 amide bonds. The molecule has 2 rings (SSSR count). The van der Waals surface area contributed by atoms with Crippen LogP contribution in [0, 0.1) is 0 Å². The second kappa shape index (κ2) is 4.52. The summed E-state index contributed by atoms with van der Waals surface area (Å²) in [6.07, 6.45) is 1.10. The molecule has 0 saturated carbocycles. The third-order valence-corrected chi connectivity index (χ3v) is 3.37. The minimum atomic E-state index is 0.339. The molecule has 1 fully saturated rings. The smallest absolute Gasteiger partial charge is 0.0409 e. The van der Waals surface area contributed by atoms with Gasteiger partial charge in [0.15, 0.2) is 0 Å². The molecule has 2 atom stereocenters. The average Bonchev–Trinajstić information content (AvgIpc) is 2.64. The van der Waals surface area contributed by atoms with E-state index in [2.05, 4.69) is 17.9 Å². The molecule has 0 aliphatic carbocycles.